The van der Waals surface area contributed by atoms with Crippen molar-refractivity contribution in [3.63, 3.8) is 0 Å². The number of nitrogens with two attached hydrogens (primary N) is 1. The van der Waals surface area contributed by atoms with E-state index in [-0.39, 0.29) is 23.5 Å². The molecule has 2 rings (SSSR count). The van der Waals surface area contributed by atoms with Crippen molar-refractivity contribution in [3.8, 4) is 0 Å². The van der Waals surface area contributed by atoms with Gasteiger partial charge in [-0.1, -0.05) is 18.5 Å². The molecular formula is C13H19Cl2N3O2. The molecule has 0 saturated carbocycles. The number of nitro groups is 1. The summed E-state index contributed by atoms with van der Waals surface area (Å²) in [5.41, 5.74) is 6.91. The topological polar surface area (TPSA) is 72.4 Å². The standard InChI is InChI=1S/C13H18ClN3O2.ClH/c1-13(8-15)4-5-16(9-13)7-10-2-3-11(17(18)19)6-12(10)14;/h2-3,6H,4-5,7-9,15H2,1H3;1H. The summed E-state index contributed by atoms with van der Waals surface area (Å²) < 4.78 is 0. The van der Waals surface area contributed by atoms with Crippen LogP contribution in [0.2, 0.25) is 5.02 Å². The predicted molar refractivity (Wildman–Crippen MR) is 82.4 cm³/mol. The number of nitro benzene ring substituents is 1. The van der Waals surface area contributed by atoms with E-state index in [0.29, 0.717) is 18.1 Å². The van der Waals surface area contributed by atoms with Crippen molar-refractivity contribution in [1.82, 2.24) is 4.90 Å². The van der Waals surface area contributed by atoms with Crippen LogP contribution in [0.3, 0.4) is 0 Å². The largest absolute Gasteiger partial charge is 0.330 e. The summed E-state index contributed by atoms with van der Waals surface area (Å²) in [6, 6.07) is 4.65. The first kappa shape index (κ1) is 17.2. The Labute approximate surface area is 129 Å². The van der Waals surface area contributed by atoms with Crippen LogP contribution in [0.5, 0.6) is 0 Å². The van der Waals surface area contributed by atoms with E-state index >= 15 is 0 Å². The summed E-state index contributed by atoms with van der Waals surface area (Å²) in [4.78, 5) is 12.5. The van der Waals surface area contributed by atoms with Gasteiger partial charge in [-0.3, -0.25) is 15.0 Å². The molecule has 5 nitrogen and oxygen atoms in total. The first-order valence-corrected chi connectivity index (χ1v) is 6.66. The van der Waals surface area contributed by atoms with Crippen LogP contribution in [0, 0.1) is 15.5 Å². The molecule has 1 aromatic rings. The lowest BCUT2D eigenvalue weighted by Crippen LogP contribution is -2.31. The molecular weight excluding hydrogens is 301 g/mol. The van der Waals surface area contributed by atoms with Gasteiger partial charge in [0.2, 0.25) is 0 Å². The van der Waals surface area contributed by atoms with Crippen LogP contribution >= 0.6 is 24.0 Å². The predicted octanol–water partition coefficient (Wildman–Crippen LogP) is 2.84. The lowest BCUT2D eigenvalue weighted by atomic mass is 9.90. The number of non-ortho nitro benzene ring substituents is 1. The Morgan fingerprint density at radius 3 is 2.75 bits per heavy atom. The minimum atomic E-state index is -0.434. The molecule has 1 aliphatic rings. The maximum Gasteiger partial charge on any atom is 0.270 e. The van der Waals surface area contributed by atoms with Gasteiger partial charge in [0.1, 0.15) is 0 Å². The molecule has 20 heavy (non-hydrogen) atoms. The van der Waals surface area contributed by atoms with Gasteiger partial charge in [0.15, 0.2) is 0 Å². The van der Waals surface area contributed by atoms with Crippen LogP contribution in [0.1, 0.15) is 18.9 Å². The number of benzene rings is 1. The zero-order valence-electron chi connectivity index (χ0n) is 11.3. The van der Waals surface area contributed by atoms with Crippen molar-refractivity contribution in [2.24, 2.45) is 11.1 Å². The first-order chi connectivity index (χ1) is 8.93. The third-order valence-electron chi connectivity index (χ3n) is 3.77. The molecule has 112 valence electrons. The van der Waals surface area contributed by atoms with E-state index in [1.54, 1.807) is 6.07 Å². The lowest BCUT2D eigenvalue weighted by molar-refractivity contribution is -0.384. The fourth-order valence-electron chi connectivity index (χ4n) is 2.45. The molecule has 0 amide bonds. The minimum absolute atomic E-state index is 0. The van der Waals surface area contributed by atoms with Crippen molar-refractivity contribution in [3.05, 3.63) is 38.9 Å². The number of hydrogen-bond donors (Lipinski definition) is 1. The molecule has 1 aliphatic heterocycles. The van der Waals surface area contributed by atoms with Crippen molar-refractivity contribution >= 4 is 29.7 Å². The zero-order valence-corrected chi connectivity index (χ0v) is 12.9. The van der Waals surface area contributed by atoms with Gasteiger partial charge >= 0.3 is 0 Å². The maximum absolute atomic E-state index is 10.7. The molecule has 1 atom stereocenters. The van der Waals surface area contributed by atoms with Crippen molar-refractivity contribution in [2.45, 2.75) is 19.9 Å². The Morgan fingerprint density at radius 1 is 1.55 bits per heavy atom. The highest BCUT2D eigenvalue weighted by atomic mass is 35.5. The number of likely N-dealkylation sites (tertiary alicyclic amines) is 1. The van der Waals surface area contributed by atoms with Gasteiger partial charge in [-0.2, -0.15) is 0 Å². The number of halogens is 2. The number of rotatable bonds is 4. The van der Waals surface area contributed by atoms with Crippen LogP contribution in [-0.2, 0) is 6.54 Å². The average Bonchev–Trinajstić information content (AvgIpc) is 2.74. The van der Waals surface area contributed by atoms with Gasteiger partial charge in [0, 0.05) is 25.2 Å². The second-order valence-corrected chi connectivity index (χ2v) is 5.92. The smallest absolute Gasteiger partial charge is 0.270 e. The summed E-state index contributed by atoms with van der Waals surface area (Å²) in [6.45, 7) is 5.51. The second kappa shape index (κ2) is 6.72. The molecule has 2 N–H and O–H groups in total. The van der Waals surface area contributed by atoms with Crippen LogP contribution < -0.4 is 5.73 Å². The van der Waals surface area contributed by atoms with E-state index in [9.17, 15) is 10.1 Å². The molecule has 1 saturated heterocycles. The van der Waals surface area contributed by atoms with Crippen LogP contribution in [-0.4, -0.2) is 29.5 Å². The quantitative estimate of drug-likeness (QED) is 0.684. The van der Waals surface area contributed by atoms with Crippen molar-refractivity contribution < 1.29 is 4.92 Å². The Morgan fingerprint density at radius 2 is 2.25 bits per heavy atom. The highest BCUT2D eigenvalue weighted by molar-refractivity contribution is 6.31. The summed E-state index contributed by atoms with van der Waals surface area (Å²) in [7, 11) is 0. The van der Waals surface area contributed by atoms with E-state index in [1.807, 2.05) is 0 Å². The molecule has 0 radical (unpaired) electrons. The second-order valence-electron chi connectivity index (χ2n) is 5.51. The van der Waals surface area contributed by atoms with Crippen LogP contribution in [0.15, 0.2) is 18.2 Å². The summed E-state index contributed by atoms with van der Waals surface area (Å²) in [5, 5.41) is 11.1. The van der Waals surface area contributed by atoms with Crippen molar-refractivity contribution in [1.29, 1.82) is 0 Å². The lowest BCUT2D eigenvalue weighted by Gasteiger charge is -2.22. The van der Waals surface area contributed by atoms with E-state index in [4.69, 9.17) is 17.3 Å². The summed E-state index contributed by atoms with van der Waals surface area (Å²) in [5.74, 6) is 0. The molecule has 0 bridgehead atoms. The van der Waals surface area contributed by atoms with Gasteiger partial charge in [-0.15, -0.1) is 12.4 Å². The Balaban J connectivity index is 0.00000200. The summed E-state index contributed by atoms with van der Waals surface area (Å²) >= 11 is 6.10. The van der Waals surface area contributed by atoms with Gasteiger partial charge in [-0.25, -0.2) is 0 Å². The molecule has 0 aliphatic carbocycles. The highest BCUT2D eigenvalue weighted by Gasteiger charge is 2.32. The Kier molecular flexibility index (Phi) is 5.77. The van der Waals surface area contributed by atoms with Crippen LogP contribution in [0.25, 0.3) is 0 Å². The Hall–Kier alpha value is -0.880. The molecule has 7 heteroatoms. The molecule has 0 spiro atoms. The Bertz CT molecular complexity index is 499. The molecule has 1 aromatic carbocycles. The van der Waals surface area contributed by atoms with Crippen LogP contribution in [0.4, 0.5) is 5.69 Å². The SMILES string of the molecule is CC1(CN)CCN(Cc2ccc([N+](=O)[O-])cc2Cl)C1.Cl. The van der Waals surface area contributed by atoms with E-state index in [1.165, 1.54) is 12.1 Å². The first-order valence-electron chi connectivity index (χ1n) is 6.29. The minimum Gasteiger partial charge on any atom is -0.330 e. The number of nitrogens with zero attached hydrogens (tertiary/aromatic N) is 2. The van der Waals surface area contributed by atoms with Gasteiger partial charge in [0.25, 0.3) is 5.69 Å². The number of hydrogen-bond acceptors (Lipinski definition) is 4. The van der Waals surface area contributed by atoms with E-state index < -0.39 is 4.92 Å². The highest BCUT2D eigenvalue weighted by Crippen LogP contribution is 2.31. The van der Waals surface area contributed by atoms with Crippen molar-refractivity contribution in [2.75, 3.05) is 19.6 Å². The molecule has 0 aromatic heterocycles. The van der Waals surface area contributed by atoms with Gasteiger partial charge in [-0.05, 0) is 36.6 Å². The van der Waals surface area contributed by atoms with E-state index in [2.05, 4.69) is 11.8 Å². The normalized spacial score (nSPS) is 22.6. The average molecular weight is 320 g/mol. The fourth-order valence-corrected chi connectivity index (χ4v) is 2.68. The maximum atomic E-state index is 10.7. The molecule has 1 fully saturated rings. The summed E-state index contributed by atoms with van der Waals surface area (Å²) in [6.07, 6.45) is 1.08. The van der Waals surface area contributed by atoms with Gasteiger partial charge < -0.3 is 5.73 Å². The third kappa shape index (κ3) is 3.82. The molecule has 1 heterocycles. The monoisotopic (exact) mass is 319 g/mol. The van der Waals surface area contributed by atoms with Gasteiger partial charge in [0.05, 0.1) is 9.95 Å². The zero-order chi connectivity index (χ0) is 14.0. The third-order valence-corrected chi connectivity index (χ3v) is 4.12. The molecule has 1 unspecified atom stereocenters. The van der Waals surface area contributed by atoms with E-state index in [0.717, 1.165) is 25.1 Å². The fraction of sp³-hybridized carbons (Fsp3) is 0.538.